The van der Waals surface area contributed by atoms with Gasteiger partial charge in [0.25, 0.3) is 5.91 Å². The standard InChI is InChI=1S/C20H20N2O2/c1-3-16-17(20(21)23)19(13-7-5-4-6-8-13)22-18(16)14-9-11-15(24-2)12-10-14/h4-12,22H,3H2,1-2H3,(H2,21,23). The summed E-state index contributed by atoms with van der Waals surface area (Å²) >= 11 is 0. The number of hydrogen-bond acceptors (Lipinski definition) is 2. The first-order valence-corrected chi connectivity index (χ1v) is 7.90. The number of benzene rings is 2. The molecule has 3 aromatic rings. The Labute approximate surface area is 141 Å². The van der Waals surface area contributed by atoms with Gasteiger partial charge in [0.2, 0.25) is 0 Å². The molecule has 0 saturated heterocycles. The van der Waals surface area contributed by atoms with Crippen molar-refractivity contribution in [1.82, 2.24) is 4.98 Å². The minimum absolute atomic E-state index is 0.415. The highest BCUT2D eigenvalue weighted by Gasteiger charge is 2.22. The molecule has 3 N–H and O–H groups in total. The van der Waals surface area contributed by atoms with Crippen LogP contribution in [0.3, 0.4) is 0 Å². The summed E-state index contributed by atoms with van der Waals surface area (Å²) in [5, 5.41) is 0. The van der Waals surface area contributed by atoms with Crippen LogP contribution < -0.4 is 10.5 Å². The van der Waals surface area contributed by atoms with E-state index in [2.05, 4.69) is 4.98 Å². The molecule has 122 valence electrons. The van der Waals surface area contributed by atoms with Crippen molar-refractivity contribution in [2.24, 2.45) is 5.73 Å². The zero-order valence-electron chi connectivity index (χ0n) is 13.8. The van der Waals surface area contributed by atoms with E-state index >= 15 is 0 Å². The Morgan fingerprint density at radius 2 is 1.62 bits per heavy atom. The van der Waals surface area contributed by atoms with Crippen molar-refractivity contribution >= 4 is 5.91 Å². The SMILES string of the molecule is CCc1c(-c2ccc(OC)cc2)[nH]c(-c2ccccc2)c1C(N)=O. The largest absolute Gasteiger partial charge is 0.497 e. The first-order valence-electron chi connectivity index (χ1n) is 7.90. The first kappa shape index (κ1) is 15.9. The van der Waals surface area contributed by atoms with E-state index in [0.717, 1.165) is 33.8 Å². The number of ether oxygens (including phenoxy) is 1. The van der Waals surface area contributed by atoms with Crippen molar-refractivity contribution < 1.29 is 9.53 Å². The molecule has 0 fully saturated rings. The monoisotopic (exact) mass is 320 g/mol. The van der Waals surface area contributed by atoms with Gasteiger partial charge in [-0.1, -0.05) is 37.3 Å². The number of H-pyrrole nitrogens is 1. The third-order valence-electron chi connectivity index (χ3n) is 4.14. The van der Waals surface area contributed by atoms with Crippen LogP contribution in [0.15, 0.2) is 54.6 Å². The van der Waals surface area contributed by atoms with Gasteiger partial charge in [-0.3, -0.25) is 4.79 Å². The second-order valence-corrected chi connectivity index (χ2v) is 5.54. The highest BCUT2D eigenvalue weighted by atomic mass is 16.5. The van der Waals surface area contributed by atoms with Gasteiger partial charge in [-0.15, -0.1) is 0 Å². The number of methoxy groups -OCH3 is 1. The molecule has 0 aliphatic heterocycles. The molecule has 3 rings (SSSR count). The molecule has 2 aromatic carbocycles. The summed E-state index contributed by atoms with van der Waals surface area (Å²) in [6.07, 6.45) is 0.711. The Balaban J connectivity index is 2.21. The topological polar surface area (TPSA) is 68.1 Å². The van der Waals surface area contributed by atoms with Crippen molar-refractivity contribution in [2.75, 3.05) is 7.11 Å². The maximum Gasteiger partial charge on any atom is 0.251 e. The fraction of sp³-hybridized carbons (Fsp3) is 0.150. The molecular formula is C20H20N2O2. The number of nitrogens with one attached hydrogen (secondary N) is 1. The predicted molar refractivity (Wildman–Crippen MR) is 96.1 cm³/mol. The van der Waals surface area contributed by atoms with Crippen LogP contribution >= 0.6 is 0 Å². The van der Waals surface area contributed by atoms with E-state index in [0.29, 0.717) is 12.0 Å². The predicted octanol–water partition coefficient (Wildman–Crippen LogP) is 4.02. The quantitative estimate of drug-likeness (QED) is 0.745. The summed E-state index contributed by atoms with van der Waals surface area (Å²) in [5.41, 5.74) is 10.8. The van der Waals surface area contributed by atoms with Gasteiger partial charge in [0, 0.05) is 5.69 Å². The Bertz CT molecular complexity index is 849. The van der Waals surface area contributed by atoms with E-state index in [1.165, 1.54) is 0 Å². The van der Waals surface area contributed by atoms with E-state index in [4.69, 9.17) is 10.5 Å². The van der Waals surface area contributed by atoms with Crippen LogP contribution in [0.25, 0.3) is 22.5 Å². The molecule has 0 atom stereocenters. The lowest BCUT2D eigenvalue weighted by Crippen LogP contribution is -2.13. The van der Waals surface area contributed by atoms with Crippen LogP contribution in [-0.4, -0.2) is 18.0 Å². The van der Waals surface area contributed by atoms with Crippen LogP contribution in [0.1, 0.15) is 22.8 Å². The van der Waals surface area contributed by atoms with Crippen molar-refractivity contribution in [3.63, 3.8) is 0 Å². The minimum Gasteiger partial charge on any atom is -0.497 e. The number of amides is 1. The Morgan fingerprint density at radius 3 is 2.17 bits per heavy atom. The van der Waals surface area contributed by atoms with Crippen molar-refractivity contribution in [3.8, 4) is 28.3 Å². The molecule has 4 heteroatoms. The molecule has 0 aliphatic carbocycles. The maximum absolute atomic E-state index is 12.1. The molecule has 0 unspecified atom stereocenters. The first-order chi connectivity index (χ1) is 11.7. The fourth-order valence-corrected chi connectivity index (χ4v) is 2.99. The van der Waals surface area contributed by atoms with Gasteiger partial charge >= 0.3 is 0 Å². The second-order valence-electron chi connectivity index (χ2n) is 5.54. The summed E-state index contributed by atoms with van der Waals surface area (Å²) in [5.74, 6) is 0.378. The molecule has 4 nitrogen and oxygen atoms in total. The average Bonchev–Trinajstić information content (AvgIpc) is 3.02. The van der Waals surface area contributed by atoms with Gasteiger partial charge in [-0.2, -0.15) is 0 Å². The van der Waals surface area contributed by atoms with Crippen molar-refractivity contribution in [1.29, 1.82) is 0 Å². The summed E-state index contributed by atoms with van der Waals surface area (Å²) in [6, 6.07) is 17.5. The summed E-state index contributed by atoms with van der Waals surface area (Å²) < 4.78 is 5.21. The number of rotatable bonds is 5. The van der Waals surface area contributed by atoms with Gasteiger partial charge in [0.05, 0.1) is 18.4 Å². The van der Waals surface area contributed by atoms with Crippen LogP contribution in [0, 0.1) is 0 Å². The van der Waals surface area contributed by atoms with Crippen LogP contribution in [0.2, 0.25) is 0 Å². The number of carbonyl (C=O) groups is 1. The number of aromatic nitrogens is 1. The Kier molecular flexibility index (Phi) is 4.38. The zero-order valence-corrected chi connectivity index (χ0v) is 13.8. The smallest absolute Gasteiger partial charge is 0.251 e. The number of aromatic amines is 1. The van der Waals surface area contributed by atoms with E-state index in [1.54, 1.807) is 7.11 Å². The third kappa shape index (κ3) is 2.78. The molecule has 0 bridgehead atoms. The van der Waals surface area contributed by atoms with Gasteiger partial charge in [0.15, 0.2) is 0 Å². The molecule has 0 saturated carbocycles. The van der Waals surface area contributed by atoms with Crippen LogP contribution in [0.4, 0.5) is 0 Å². The van der Waals surface area contributed by atoms with Crippen LogP contribution in [-0.2, 0) is 6.42 Å². The van der Waals surface area contributed by atoms with E-state index in [-0.39, 0.29) is 0 Å². The number of nitrogens with two attached hydrogens (primary N) is 1. The molecule has 0 aliphatic rings. The average molecular weight is 320 g/mol. The number of primary amides is 1. The lowest BCUT2D eigenvalue weighted by Gasteiger charge is -2.05. The minimum atomic E-state index is -0.415. The third-order valence-corrected chi connectivity index (χ3v) is 4.14. The Morgan fingerprint density at radius 1 is 1.00 bits per heavy atom. The van der Waals surface area contributed by atoms with Crippen LogP contribution in [0.5, 0.6) is 5.75 Å². The van der Waals surface area contributed by atoms with E-state index < -0.39 is 5.91 Å². The number of carbonyl (C=O) groups excluding carboxylic acids is 1. The van der Waals surface area contributed by atoms with Gasteiger partial charge in [-0.25, -0.2) is 0 Å². The molecule has 1 aromatic heterocycles. The second kappa shape index (κ2) is 6.62. The van der Waals surface area contributed by atoms with Crippen molar-refractivity contribution in [2.45, 2.75) is 13.3 Å². The normalized spacial score (nSPS) is 10.6. The highest BCUT2D eigenvalue weighted by molar-refractivity contribution is 6.03. The van der Waals surface area contributed by atoms with E-state index in [1.807, 2.05) is 61.5 Å². The van der Waals surface area contributed by atoms with E-state index in [9.17, 15) is 4.79 Å². The van der Waals surface area contributed by atoms with Gasteiger partial charge < -0.3 is 15.5 Å². The Hall–Kier alpha value is -3.01. The molecule has 24 heavy (non-hydrogen) atoms. The summed E-state index contributed by atoms with van der Waals surface area (Å²) in [7, 11) is 1.64. The summed E-state index contributed by atoms with van der Waals surface area (Å²) in [4.78, 5) is 15.5. The van der Waals surface area contributed by atoms with Gasteiger partial charge in [0.1, 0.15) is 5.75 Å². The number of hydrogen-bond donors (Lipinski definition) is 2. The molecule has 0 radical (unpaired) electrons. The lowest BCUT2D eigenvalue weighted by atomic mass is 9.99. The van der Waals surface area contributed by atoms with Gasteiger partial charge in [-0.05, 0) is 47.4 Å². The van der Waals surface area contributed by atoms with Crippen molar-refractivity contribution in [3.05, 3.63) is 65.7 Å². The summed E-state index contributed by atoms with van der Waals surface area (Å²) in [6.45, 7) is 2.03. The molecular weight excluding hydrogens is 300 g/mol. The maximum atomic E-state index is 12.1. The molecule has 1 heterocycles. The molecule has 0 spiro atoms. The fourth-order valence-electron chi connectivity index (χ4n) is 2.99. The lowest BCUT2D eigenvalue weighted by molar-refractivity contribution is 0.100. The zero-order chi connectivity index (χ0) is 17.1. The molecule has 1 amide bonds. The highest BCUT2D eigenvalue weighted by Crippen LogP contribution is 2.34.